The first-order chi connectivity index (χ1) is 10.8. The molecule has 0 spiro atoms. The Hall–Kier alpha value is -1.96. The van der Waals surface area contributed by atoms with Crippen LogP contribution in [-0.4, -0.2) is 28.5 Å². The fourth-order valence-electron chi connectivity index (χ4n) is 1.61. The van der Waals surface area contributed by atoms with Crippen molar-refractivity contribution in [2.75, 3.05) is 10.6 Å². The summed E-state index contributed by atoms with van der Waals surface area (Å²) in [5, 5.41) is 14.9. The maximum absolute atomic E-state index is 11.9. The van der Waals surface area contributed by atoms with Crippen LogP contribution in [0.3, 0.4) is 0 Å². The van der Waals surface area contributed by atoms with Crippen molar-refractivity contribution in [3.63, 3.8) is 0 Å². The second-order valence-electron chi connectivity index (χ2n) is 7.11. The second-order valence-corrected chi connectivity index (χ2v) is 7.90. The number of ether oxygens (including phenoxy) is 2. The van der Waals surface area contributed by atoms with E-state index < -0.39 is 23.4 Å². The first kappa shape index (κ1) is 20.1. The van der Waals surface area contributed by atoms with Gasteiger partial charge in [0.05, 0.1) is 10.2 Å². The van der Waals surface area contributed by atoms with Gasteiger partial charge in [-0.3, -0.25) is 10.6 Å². The van der Waals surface area contributed by atoms with Crippen LogP contribution in [0.25, 0.3) is 0 Å². The van der Waals surface area contributed by atoms with Gasteiger partial charge in [-0.2, -0.15) is 0 Å². The molecule has 134 valence electrons. The van der Waals surface area contributed by atoms with Crippen LogP contribution < -0.4 is 10.6 Å². The molecule has 2 amide bonds. The number of anilines is 2. The number of phenolic OH excluding ortho intramolecular Hbond substituents is 1. The Balaban J connectivity index is 2.93. The minimum absolute atomic E-state index is 0.158. The zero-order valence-electron chi connectivity index (χ0n) is 14.6. The van der Waals surface area contributed by atoms with E-state index in [2.05, 4.69) is 26.6 Å². The molecule has 3 N–H and O–H groups in total. The molecule has 0 fully saturated rings. The van der Waals surface area contributed by atoms with E-state index in [9.17, 15) is 14.7 Å². The first-order valence-corrected chi connectivity index (χ1v) is 8.09. The van der Waals surface area contributed by atoms with Crippen molar-refractivity contribution in [2.24, 2.45) is 0 Å². The second kappa shape index (κ2) is 7.29. The van der Waals surface area contributed by atoms with Crippen molar-refractivity contribution < 1.29 is 24.2 Å². The molecule has 0 aromatic heterocycles. The van der Waals surface area contributed by atoms with Gasteiger partial charge in [-0.25, -0.2) is 9.59 Å². The molecule has 0 unspecified atom stereocenters. The van der Waals surface area contributed by atoms with E-state index in [0.29, 0.717) is 0 Å². The van der Waals surface area contributed by atoms with Crippen LogP contribution in [0.1, 0.15) is 41.5 Å². The number of nitrogens with one attached hydrogen (secondary N) is 2. The van der Waals surface area contributed by atoms with Gasteiger partial charge in [0, 0.05) is 11.8 Å². The molecule has 0 atom stereocenters. The Morgan fingerprint density at radius 3 is 1.88 bits per heavy atom. The zero-order chi connectivity index (χ0) is 18.7. The van der Waals surface area contributed by atoms with Crippen molar-refractivity contribution in [2.45, 2.75) is 52.7 Å². The Kier molecular flexibility index (Phi) is 6.10. The van der Waals surface area contributed by atoms with E-state index in [1.165, 1.54) is 12.1 Å². The quantitative estimate of drug-likeness (QED) is 0.656. The van der Waals surface area contributed by atoms with Gasteiger partial charge >= 0.3 is 12.2 Å². The van der Waals surface area contributed by atoms with Crippen LogP contribution in [0, 0.1) is 0 Å². The number of aromatic hydroxyl groups is 1. The molecule has 0 aliphatic carbocycles. The van der Waals surface area contributed by atoms with Gasteiger partial charge in [0.15, 0.2) is 0 Å². The summed E-state index contributed by atoms with van der Waals surface area (Å²) in [4.78, 5) is 23.7. The lowest BCUT2D eigenvalue weighted by molar-refractivity contribution is 0.0625. The van der Waals surface area contributed by atoms with Crippen molar-refractivity contribution in [3.8, 4) is 5.75 Å². The van der Waals surface area contributed by atoms with Crippen molar-refractivity contribution >= 4 is 39.5 Å². The molecular weight excluding hydrogens is 380 g/mol. The number of carbonyl (C=O) groups excluding carboxylic acids is 2. The van der Waals surface area contributed by atoms with Gasteiger partial charge in [0.1, 0.15) is 17.0 Å². The summed E-state index contributed by atoms with van der Waals surface area (Å²) in [6.45, 7) is 10.4. The van der Waals surface area contributed by atoms with Crippen LogP contribution in [0.5, 0.6) is 5.75 Å². The van der Waals surface area contributed by atoms with Gasteiger partial charge in [0.25, 0.3) is 0 Å². The van der Waals surface area contributed by atoms with E-state index in [4.69, 9.17) is 9.47 Å². The van der Waals surface area contributed by atoms with E-state index >= 15 is 0 Å². The molecule has 0 aliphatic heterocycles. The highest BCUT2D eigenvalue weighted by molar-refractivity contribution is 9.10. The molecule has 0 saturated carbocycles. The summed E-state index contributed by atoms with van der Waals surface area (Å²) >= 11 is 3.17. The Morgan fingerprint density at radius 1 is 0.958 bits per heavy atom. The lowest BCUT2D eigenvalue weighted by Crippen LogP contribution is -2.28. The summed E-state index contributed by atoms with van der Waals surface area (Å²) in [5.41, 5.74) is -0.810. The lowest BCUT2D eigenvalue weighted by Gasteiger charge is -2.21. The van der Waals surface area contributed by atoms with E-state index in [0.717, 1.165) is 0 Å². The summed E-state index contributed by atoms with van der Waals surface area (Å²) in [7, 11) is 0. The third-order valence-corrected chi connectivity index (χ3v) is 3.17. The Bertz CT molecular complexity index is 633. The zero-order valence-corrected chi connectivity index (χ0v) is 16.2. The molecule has 0 heterocycles. The molecule has 1 rings (SSSR count). The lowest BCUT2D eigenvalue weighted by atomic mass is 10.2. The monoisotopic (exact) mass is 402 g/mol. The molecule has 0 aliphatic rings. The maximum atomic E-state index is 11.9. The summed E-state index contributed by atoms with van der Waals surface area (Å²) in [6.07, 6.45) is -1.36. The van der Waals surface area contributed by atoms with Crippen LogP contribution in [0.4, 0.5) is 21.0 Å². The molecule has 8 heteroatoms. The van der Waals surface area contributed by atoms with Crippen LogP contribution in [0.15, 0.2) is 16.6 Å². The van der Waals surface area contributed by atoms with Crippen molar-refractivity contribution in [1.82, 2.24) is 0 Å². The minimum Gasteiger partial charge on any atom is -0.507 e. The SMILES string of the molecule is CC(C)(C)OC(=O)Nc1cc(O)c(Br)c(NC(=O)OC(C)(C)C)c1. The highest BCUT2D eigenvalue weighted by Crippen LogP contribution is 2.35. The van der Waals surface area contributed by atoms with Crippen molar-refractivity contribution in [1.29, 1.82) is 0 Å². The van der Waals surface area contributed by atoms with Crippen molar-refractivity contribution in [3.05, 3.63) is 16.6 Å². The van der Waals surface area contributed by atoms with Gasteiger partial charge in [-0.15, -0.1) is 0 Å². The minimum atomic E-state index is -0.683. The molecule has 0 radical (unpaired) electrons. The molecule has 24 heavy (non-hydrogen) atoms. The van der Waals surface area contributed by atoms with Crippen LogP contribution >= 0.6 is 15.9 Å². The molecule has 7 nitrogen and oxygen atoms in total. The van der Waals surface area contributed by atoms with Gasteiger partial charge in [0.2, 0.25) is 0 Å². The molecule has 0 bridgehead atoms. The number of hydrogen-bond donors (Lipinski definition) is 3. The van der Waals surface area contributed by atoms with E-state index in [1.807, 2.05) is 0 Å². The fraction of sp³-hybridized carbons (Fsp3) is 0.500. The standard InChI is InChI=1S/C16H23BrN2O5/c1-15(2,3)23-13(21)18-9-7-10(12(17)11(20)8-9)19-14(22)24-16(4,5)6/h7-8,20H,1-6H3,(H,18,21)(H,19,22). The molecule has 1 aromatic rings. The maximum Gasteiger partial charge on any atom is 0.412 e. The third kappa shape index (κ3) is 7.08. The smallest absolute Gasteiger partial charge is 0.412 e. The molecular formula is C16H23BrN2O5. The Morgan fingerprint density at radius 2 is 1.42 bits per heavy atom. The summed E-state index contributed by atoms with van der Waals surface area (Å²) in [6, 6.07) is 2.80. The number of carbonyl (C=O) groups is 2. The predicted molar refractivity (Wildman–Crippen MR) is 95.5 cm³/mol. The van der Waals surface area contributed by atoms with Crippen LogP contribution in [-0.2, 0) is 9.47 Å². The van der Waals surface area contributed by atoms with Crippen LogP contribution in [0.2, 0.25) is 0 Å². The topological polar surface area (TPSA) is 96.9 Å². The molecule has 0 saturated heterocycles. The van der Waals surface area contributed by atoms with E-state index in [-0.39, 0.29) is 21.6 Å². The van der Waals surface area contributed by atoms with E-state index in [1.54, 1.807) is 41.5 Å². The van der Waals surface area contributed by atoms with Gasteiger partial charge < -0.3 is 14.6 Å². The number of phenols is 1. The number of benzene rings is 1. The highest BCUT2D eigenvalue weighted by atomic mass is 79.9. The first-order valence-electron chi connectivity index (χ1n) is 7.29. The largest absolute Gasteiger partial charge is 0.507 e. The highest BCUT2D eigenvalue weighted by Gasteiger charge is 2.20. The number of rotatable bonds is 2. The van der Waals surface area contributed by atoms with Gasteiger partial charge in [-0.05, 0) is 63.5 Å². The average Bonchev–Trinajstić information content (AvgIpc) is 2.30. The average molecular weight is 403 g/mol. The normalized spacial score (nSPS) is 11.6. The summed E-state index contributed by atoms with van der Waals surface area (Å²) < 4.78 is 10.6. The van der Waals surface area contributed by atoms with Gasteiger partial charge in [-0.1, -0.05) is 0 Å². The summed E-state index contributed by atoms with van der Waals surface area (Å²) in [5.74, 6) is -0.158. The Labute approximate surface area is 149 Å². The molecule has 1 aromatic carbocycles. The predicted octanol–water partition coefficient (Wildman–Crippen LogP) is 4.85. The third-order valence-electron chi connectivity index (χ3n) is 2.33. The number of hydrogen-bond acceptors (Lipinski definition) is 5. The fourth-order valence-corrected chi connectivity index (χ4v) is 1.94. The number of halogens is 1. The number of amides is 2.